The highest BCUT2D eigenvalue weighted by Crippen LogP contribution is 2.28. The third-order valence-corrected chi connectivity index (χ3v) is 3.22. The molecule has 17 heavy (non-hydrogen) atoms. The predicted octanol–water partition coefficient (Wildman–Crippen LogP) is 2.74. The molecule has 0 saturated heterocycles. The second kappa shape index (κ2) is 5.36. The lowest BCUT2D eigenvalue weighted by molar-refractivity contribution is 0.0329. The first-order chi connectivity index (χ1) is 8.19. The average Bonchev–Trinajstić information content (AvgIpc) is 2.35. The smallest absolute Gasteiger partial charge is 0.145 e. The van der Waals surface area contributed by atoms with Gasteiger partial charge in [0.2, 0.25) is 0 Å². The standard InChI is InChI=1S/C13H18FNO2/c1-16-10-3-5-11(6-4-10)17-13-8-9(14)2-7-12(13)15/h2,7-8,10-11H,3-6,15H2,1H3/t10-,11-. The van der Waals surface area contributed by atoms with Crippen molar-refractivity contribution < 1.29 is 13.9 Å². The molecule has 0 amide bonds. The van der Waals surface area contributed by atoms with Crippen molar-refractivity contribution in [2.24, 2.45) is 0 Å². The fourth-order valence-electron chi connectivity index (χ4n) is 2.18. The lowest BCUT2D eigenvalue weighted by Crippen LogP contribution is -2.27. The minimum absolute atomic E-state index is 0.116. The number of ether oxygens (including phenoxy) is 2. The van der Waals surface area contributed by atoms with E-state index in [0.717, 1.165) is 25.7 Å². The zero-order valence-electron chi connectivity index (χ0n) is 9.99. The maximum absolute atomic E-state index is 13.1. The van der Waals surface area contributed by atoms with Crippen LogP contribution < -0.4 is 10.5 Å². The zero-order valence-corrected chi connectivity index (χ0v) is 9.99. The normalized spacial score (nSPS) is 24.6. The van der Waals surface area contributed by atoms with Crippen molar-refractivity contribution >= 4 is 5.69 Å². The van der Waals surface area contributed by atoms with Gasteiger partial charge in [-0.1, -0.05) is 0 Å². The molecular formula is C13H18FNO2. The second-order valence-electron chi connectivity index (χ2n) is 4.43. The summed E-state index contributed by atoms with van der Waals surface area (Å²) in [7, 11) is 1.73. The van der Waals surface area contributed by atoms with Crippen LogP contribution in [0.25, 0.3) is 0 Å². The highest BCUT2D eigenvalue weighted by atomic mass is 19.1. The van der Waals surface area contributed by atoms with Crippen molar-refractivity contribution in [3.63, 3.8) is 0 Å². The van der Waals surface area contributed by atoms with E-state index in [2.05, 4.69) is 0 Å². The summed E-state index contributed by atoms with van der Waals surface area (Å²) >= 11 is 0. The lowest BCUT2D eigenvalue weighted by atomic mass is 9.95. The Bertz CT molecular complexity index is 376. The monoisotopic (exact) mass is 239 g/mol. The van der Waals surface area contributed by atoms with Crippen LogP contribution in [-0.2, 0) is 4.74 Å². The van der Waals surface area contributed by atoms with Crippen LogP contribution in [0.15, 0.2) is 18.2 Å². The fraction of sp³-hybridized carbons (Fsp3) is 0.538. The van der Waals surface area contributed by atoms with E-state index in [0.29, 0.717) is 17.5 Å². The van der Waals surface area contributed by atoms with Crippen LogP contribution in [0.5, 0.6) is 5.75 Å². The molecule has 1 saturated carbocycles. The minimum Gasteiger partial charge on any atom is -0.488 e. The summed E-state index contributed by atoms with van der Waals surface area (Å²) in [5.74, 6) is 0.130. The topological polar surface area (TPSA) is 44.5 Å². The number of methoxy groups -OCH3 is 1. The highest BCUT2D eigenvalue weighted by molar-refractivity contribution is 5.52. The summed E-state index contributed by atoms with van der Waals surface area (Å²) in [6, 6.07) is 4.22. The number of halogens is 1. The Balaban J connectivity index is 1.95. The molecule has 0 atom stereocenters. The van der Waals surface area contributed by atoms with Gasteiger partial charge < -0.3 is 15.2 Å². The SMILES string of the molecule is CO[C@H]1CC[C@H](Oc2cc(F)ccc2N)CC1. The molecule has 0 radical (unpaired) electrons. The van der Waals surface area contributed by atoms with Gasteiger partial charge in [0.05, 0.1) is 17.9 Å². The van der Waals surface area contributed by atoms with E-state index in [1.54, 1.807) is 7.11 Å². The molecular weight excluding hydrogens is 221 g/mol. The third-order valence-electron chi connectivity index (χ3n) is 3.22. The summed E-state index contributed by atoms with van der Waals surface area (Å²) < 4.78 is 24.1. The highest BCUT2D eigenvalue weighted by Gasteiger charge is 2.22. The van der Waals surface area contributed by atoms with Crippen molar-refractivity contribution in [1.29, 1.82) is 0 Å². The Labute approximate surface area is 101 Å². The van der Waals surface area contributed by atoms with Crippen LogP contribution in [0.4, 0.5) is 10.1 Å². The van der Waals surface area contributed by atoms with E-state index in [1.165, 1.54) is 18.2 Å². The van der Waals surface area contributed by atoms with Crippen LogP contribution >= 0.6 is 0 Å². The summed E-state index contributed by atoms with van der Waals surface area (Å²) in [5.41, 5.74) is 6.23. The molecule has 94 valence electrons. The maximum Gasteiger partial charge on any atom is 0.145 e. The molecule has 2 rings (SSSR count). The lowest BCUT2D eigenvalue weighted by Gasteiger charge is -2.28. The molecule has 1 fully saturated rings. The Kier molecular flexibility index (Phi) is 3.84. The Morgan fingerprint density at radius 3 is 2.47 bits per heavy atom. The van der Waals surface area contributed by atoms with Crippen LogP contribution in [0.3, 0.4) is 0 Å². The average molecular weight is 239 g/mol. The van der Waals surface area contributed by atoms with E-state index >= 15 is 0 Å². The quantitative estimate of drug-likeness (QED) is 0.825. The number of hydrogen-bond donors (Lipinski definition) is 1. The fourth-order valence-corrected chi connectivity index (χ4v) is 2.18. The van der Waals surface area contributed by atoms with Gasteiger partial charge in [0.15, 0.2) is 0 Å². The first-order valence-electron chi connectivity index (χ1n) is 5.93. The van der Waals surface area contributed by atoms with E-state index in [-0.39, 0.29) is 11.9 Å². The van der Waals surface area contributed by atoms with Crippen LogP contribution in [-0.4, -0.2) is 19.3 Å². The number of anilines is 1. The summed E-state index contributed by atoms with van der Waals surface area (Å²) in [6.07, 6.45) is 4.26. The first-order valence-corrected chi connectivity index (χ1v) is 5.93. The second-order valence-corrected chi connectivity index (χ2v) is 4.43. The summed E-state index contributed by atoms with van der Waals surface area (Å²) in [5, 5.41) is 0. The van der Waals surface area contributed by atoms with Gasteiger partial charge in [0.1, 0.15) is 11.6 Å². The van der Waals surface area contributed by atoms with Crippen molar-refractivity contribution in [3.8, 4) is 5.75 Å². The van der Waals surface area contributed by atoms with Crippen LogP contribution in [0.2, 0.25) is 0 Å². The molecule has 0 spiro atoms. The largest absolute Gasteiger partial charge is 0.488 e. The molecule has 1 aromatic rings. The maximum atomic E-state index is 13.1. The number of rotatable bonds is 3. The van der Waals surface area contributed by atoms with Crippen molar-refractivity contribution in [2.75, 3.05) is 12.8 Å². The Morgan fingerprint density at radius 2 is 1.82 bits per heavy atom. The molecule has 0 aromatic heterocycles. The molecule has 1 aliphatic rings. The molecule has 1 aromatic carbocycles. The van der Waals surface area contributed by atoms with E-state index in [4.69, 9.17) is 15.2 Å². The van der Waals surface area contributed by atoms with Crippen molar-refractivity contribution in [3.05, 3.63) is 24.0 Å². The van der Waals surface area contributed by atoms with Gasteiger partial charge in [-0.3, -0.25) is 0 Å². The van der Waals surface area contributed by atoms with Gasteiger partial charge in [0.25, 0.3) is 0 Å². The van der Waals surface area contributed by atoms with Crippen molar-refractivity contribution in [2.45, 2.75) is 37.9 Å². The molecule has 0 unspecified atom stereocenters. The minimum atomic E-state index is -0.320. The Morgan fingerprint density at radius 1 is 1.18 bits per heavy atom. The molecule has 4 heteroatoms. The number of benzene rings is 1. The van der Waals surface area contributed by atoms with Crippen LogP contribution in [0.1, 0.15) is 25.7 Å². The van der Waals surface area contributed by atoms with E-state index < -0.39 is 0 Å². The van der Waals surface area contributed by atoms with Gasteiger partial charge in [-0.05, 0) is 37.8 Å². The third kappa shape index (κ3) is 3.09. The van der Waals surface area contributed by atoms with E-state index in [1.807, 2.05) is 0 Å². The summed E-state index contributed by atoms with van der Waals surface area (Å²) in [6.45, 7) is 0. The zero-order chi connectivity index (χ0) is 12.3. The van der Waals surface area contributed by atoms with E-state index in [9.17, 15) is 4.39 Å². The van der Waals surface area contributed by atoms with Gasteiger partial charge in [-0.25, -0.2) is 4.39 Å². The van der Waals surface area contributed by atoms with Gasteiger partial charge in [0, 0.05) is 13.2 Å². The Hall–Kier alpha value is -1.29. The van der Waals surface area contributed by atoms with Gasteiger partial charge >= 0.3 is 0 Å². The molecule has 2 N–H and O–H groups in total. The van der Waals surface area contributed by atoms with Gasteiger partial charge in [-0.15, -0.1) is 0 Å². The molecule has 0 aliphatic heterocycles. The number of hydrogen-bond acceptors (Lipinski definition) is 3. The molecule has 0 heterocycles. The summed E-state index contributed by atoms with van der Waals surface area (Å²) in [4.78, 5) is 0. The predicted molar refractivity (Wildman–Crippen MR) is 64.5 cm³/mol. The molecule has 1 aliphatic carbocycles. The number of nitrogens with two attached hydrogens (primary N) is 1. The molecule has 3 nitrogen and oxygen atoms in total. The number of nitrogen functional groups attached to an aromatic ring is 1. The van der Waals surface area contributed by atoms with Crippen LogP contribution in [0, 0.1) is 5.82 Å². The van der Waals surface area contributed by atoms with Gasteiger partial charge in [-0.2, -0.15) is 0 Å². The molecule has 0 bridgehead atoms. The van der Waals surface area contributed by atoms with Crippen molar-refractivity contribution in [1.82, 2.24) is 0 Å². The first kappa shape index (κ1) is 12.2.